The Morgan fingerprint density at radius 3 is 2.62 bits per heavy atom. The number of carbonyl (C=O) groups excluding carboxylic acids is 1. The van der Waals surface area contributed by atoms with Crippen LogP contribution in [0.5, 0.6) is 5.75 Å². The van der Waals surface area contributed by atoms with E-state index in [0.29, 0.717) is 30.2 Å². The Morgan fingerprint density at radius 2 is 1.94 bits per heavy atom. The number of hydrogen-bond acceptors (Lipinski definition) is 4. The molecule has 0 saturated carbocycles. The molecule has 1 aromatic heterocycles. The smallest absolute Gasteiger partial charge is 0.322 e. The van der Waals surface area contributed by atoms with Crippen molar-refractivity contribution in [1.82, 2.24) is 9.88 Å². The average molecular weight is 436 g/mol. The summed E-state index contributed by atoms with van der Waals surface area (Å²) in [6, 6.07) is 12.8. The van der Waals surface area contributed by atoms with Crippen LogP contribution >= 0.6 is 0 Å². The molecule has 168 valence electrons. The molecule has 0 aliphatic carbocycles. The lowest BCUT2D eigenvalue weighted by atomic mass is 10.0. The highest BCUT2D eigenvalue weighted by Crippen LogP contribution is 2.22. The first kappa shape index (κ1) is 21.9. The third-order valence-corrected chi connectivity index (χ3v) is 5.96. The molecule has 4 rings (SSSR count). The normalized spacial score (nSPS) is 15.7. The van der Waals surface area contributed by atoms with Crippen LogP contribution in [-0.4, -0.2) is 42.3 Å². The Labute approximate surface area is 187 Å². The lowest BCUT2D eigenvalue weighted by Gasteiger charge is -2.26. The quantitative estimate of drug-likeness (QED) is 0.602. The number of ether oxygens (including phenoxy) is 2. The van der Waals surface area contributed by atoms with Crippen LogP contribution in [0.3, 0.4) is 0 Å². The maximum atomic E-state index is 13.2. The second kappa shape index (κ2) is 9.44. The van der Waals surface area contributed by atoms with Crippen LogP contribution in [0.1, 0.15) is 29.5 Å². The minimum atomic E-state index is -0.272. The third-order valence-electron chi connectivity index (χ3n) is 5.96. The molecule has 1 aliphatic heterocycles. The van der Waals surface area contributed by atoms with E-state index < -0.39 is 0 Å². The van der Waals surface area contributed by atoms with Crippen LogP contribution in [0, 0.1) is 13.8 Å². The van der Waals surface area contributed by atoms with Gasteiger partial charge in [0.05, 0.1) is 25.3 Å². The number of hydrogen-bond donors (Lipinski definition) is 2. The van der Waals surface area contributed by atoms with E-state index in [9.17, 15) is 9.59 Å². The van der Waals surface area contributed by atoms with Crippen LogP contribution in [0.4, 0.5) is 10.5 Å². The minimum absolute atomic E-state index is 0.0277. The van der Waals surface area contributed by atoms with E-state index in [-0.39, 0.29) is 24.2 Å². The second-order valence-electron chi connectivity index (χ2n) is 8.29. The molecule has 1 atom stereocenters. The van der Waals surface area contributed by atoms with Gasteiger partial charge in [-0.2, -0.15) is 0 Å². The number of urea groups is 1. The van der Waals surface area contributed by atoms with E-state index in [1.165, 1.54) is 0 Å². The number of aromatic amines is 1. The highest BCUT2D eigenvalue weighted by atomic mass is 16.5. The van der Waals surface area contributed by atoms with Crippen LogP contribution in [0.25, 0.3) is 10.9 Å². The number of nitrogens with zero attached hydrogens (tertiary/aromatic N) is 1. The van der Waals surface area contributed by atoms with Crippen molar-refractivity contribution in [1.29, 1.82) is 0 Å². The number of aromatic nitrogens is 1. The molecule has 3 aromatic rings. The van der Waals surface area contributed by atoms with Gasteiger partial charge in [0.15, 0.2) is 0 Å². The topological polar surface area (TPSA) is 83.7 Å². The Balaban J connectivity index is 1.61. The van der Waals surface area contributed by atoms with Gasteiger partial charge in [-0.1, -0.05) is 12.1 Å². The van der Waals surface area contributed by atoms with E-state index in [1.807, 2.05) is 32.0 Å². The maximum absolute atomic E-state index is 13.2. The van der Waals surface area contributed by atoms with E-state index in [4.69, 9.17) is 9.47 Å². The third kappa shape index (κ3) is 4.78. The van der Waals surface area contributed by atoms with Gasteiger partial charge in [-0.15, -0.1) is 0 Å². The van der Waals surface area contributed by atoms with Crippen LogP contribution in [0.15, 0.2) is 47.3 Å². The number of anilines is 1. The van der Waals surface area contributed by atoms with Crippen molar-refractivity contribution < 1.29 is 14.3 Å². The number of amides is 2. The lowest BCUT2D eigenvalue weighted by Crippen LogP contribution is -2.40. The fourth-order valence-electron chi connectivity index (χ4n) is 4.07. The molecule has 1 fully saturated rings. The van der Waals surface area contributed by atoms with E-state index in [2.05, 4.69) is 10.3 Å². The van der Waals surface area contributed by atoms with Crippen molar-refractivity contribution in [2.75, 3.05) is 25.6 Å². The van der Waals surface area contributed by atoms with Crippen molar-refractivity contribution in [2.45, 2.75) is 39.3 Å². The van der Waals surface area contributed by atoms with Crippen LogP contribution < -0.4 is 15.6 Å². The first-order valence-electron chi connectivity index (χ1n) is 10.9. The summed E-state index contributed by atoms with van der Waals surface area (Å²) in [6.45, 7) is 5.31. The van der Waals surface area contributed by atoms with Crippen LogP contribution in [-0.2, 0) is 11.3 Å². The zero-order valence-corrected chi connectivity index (χ0v) is 18.7. The molecule has 2 heterocycles. The van der Waals surface area contributed by atoms with Gasteiger partial charge in [0.25, 0.3) is 5.56 Å². The molecule has 7 heteroatoms. The highest BCUT2D eigenvalue weighted by Gasteiger charge is 2.24. The van der Waals surface area contributed by atoms with Gasteiger partial charge in [-0.05, 0) is 68.1 Å². The summed E-state index contributed by atoms with van der Waals surface area (Å²) in [4.78, 5) is 30.7. The van der Waals surface area contributed by atoms with Crippen molar-refractivity contribution >= 4 is 22.6 Å². The number of aryl methyl sites for hydroxylation is 2. The second-order valence-corrected chi connectivity index (χ2v) is 8.29. The van der Waals surface area contributed by atoms with E-state index in [0.717, 1.165) is 34.9 Å². The molecule has 2 amide bonds. The molecular formula is C25H29N3O4. The largest absolute Gasteiger partial charge is 0.497 e. The Morgan fingerprint density at radius 1 is 1.19 bits per heavy atom. The van der Waals surface area contributed by atoms with Crippen molar-refractivity contribution in [3.8, 4) is 5.75 Å². The SMILES string of the molecule is COc1ccc(NC(=O)N(Cc2cc3c(C)ccc(C)c3[nH]c2=O)C[C@H]2CCCO2)cc1. The fourth-order valence-corrected chi connectivity index (χ4v) is 4.07. The number of nitrogens with one attached hydrogen (secondary N) is 2. The van der Waals surface area contributed by atoms with E-state index in [1.54, 1.807) is 36.3 Å². The first-order valence-corrected chi connectivity index (χ1v) is 10.9. The summed E-state index contributed by atoms with van der Waals surface area (Å²) in [7, 11) is 1.60. The van der Waals surface area contributed by atoms with Gasteiger partial charge in [-0.25, -0.2) is 4.79 Å². The fraction of sp³-hybridized carbons (Fsp3) is 0.360. The molecule has 1 saturated heterocycles. The standard InChI is InChI=1S/C25H29N3O4/c1-16-6-7-17(2)23-22(16)13-18(24(29)27-23)14-28(15-21-5-4-12-32-21)25(30)26-19-8-10-20(31-3)11-9-19/h6-11,13,21H,4-5,12,14-15H2,1-3H3,(H,26,30)(H,27,29)/t21-/m1/s1. The number of fused-ring (bicyclic) bond motifs is 1. The molecule has 0 spiro atoms. The van der Waals surface area contributed by atoms with Crippen LogP contribution in [0.2, 0.25) is 0 Å². The zero-order chi connectivity index (χ0) is 22.7. The summed E-state index contributed by atoms with van der Waals surface area (Å²) < 4.78 is 10.9. The number of H-pyrrole nitrogens is 1. The number of carbonyl (C=O) groups is 1. The Kier molecular flexibility index (Phi) is 6.46. The lowest BCUT2D eigenvalue weighted by molar-refractivity contribution is 0.0818. The molecule has 0 radical (unpaired) electrons. The number of rotatable bonds is 6. The summed E-state index contributed by atoms with van der Waals surface area (Å²) in [5.41, 5.74) is 3.97. The molecule has 0 unspecified atom stereocenters. The molecule has 0 bridgehead atoms. The predicted octanol–water partition coefficient (Wildman–Crippen LogP) is 4.37. The molecule has 32 heavy (non-hydrogen) atoms. The van der Waals surface area contributed by atoms with E-state index >= 15 is 0 Å². The summed E-state index contributed by atoms with van der Waals surface area (Å²) in [6.07, 6.45) is 1.85. The number of benzene rings is 2. The van der Waals surface area contributed by atoms with Crippen molar-refractivity contribution in [2.24, 2.45) is 0 Å². The molecule has 1 aliphatic rings. The monoisotopic (exact) mass is 435 g/mol. The molecule has 7 nitrogen and oxygen atoms in total. The van der Waals surface area contributed by atoms with Gasteiger partial charge >= 0.3 is 6.03 Å². The van der Waals surface area contributed by atoms with Gasteiger partial charge in [0.2, 0.25) is 0 Å². The first-order chi connectivity index (χ1) is 15.4. The van der Waals surface area contributed by atoms with Gasteiger partial charge in [0, 0.05) is 29.8 Å². The Hall–Kier alpha value is -3.32. The van der Waals surface area contributed by atoms with Crippen molar-refractivity contribution in [3.63, 3.8) is 0 Å². The summed E-state index contributed by atoms with van der Waals surface area (Å²) in [5.74, 6) is 0.715. The molecule has 2 aromatic carbocycles. The summed E-state index contributed by atoms with van der Waals surface area (Å²) in [5, 5.41) is 3.92. The Bertz CT molecular complexity index is 1160. The average Bonchev–Trinajstić information content (AvgIpc) is 3.30. The molecule has 2 N–H and O–H groups in total. The van der Waals surface area contributed by atoms with Gasteiger partial charge in [-0.3, -0.25) is 4.79 Å². The number of pyridine rings is 1. The predicted molar refractivity (Wildman–Crippen MR) is 125 cm³/mol. The summed E-state index contributed by atoms with van der Waals surface area (Å²) >= 11 is 0. The zero-order valence-electron chi connectivity index (χ0n) is 18.7. The highest BCUT2D eigenvalue weighted by molar-refractivity contribution is 5.89. The minimum Gasteiger partial charge on any atom is -0.497 e. The molecular weight excluding hydrogens is 406 g/mol. The van der Waals surface area contributed by atoms with Gasteiger partial charge < -0.3 is 24.7 Å². The van der Waals surface area contributed by atoms with Gasteiger partial charge in [0.1, 0.15) is 5.75 Å². The number of methoxy groups -OCH3 is 1. The van der Waals surface area contributed by atoms with Crippen molar-refractivity contribution in [3.05, 3.63) is 69.5 Å². The maximum Gasteiger partial charge on any atom is 0.322 e.